The van der Waals surface area contributed by atoms with Crippen molar-refractivity contribution in [1.82, 2.24) is 10.3 Å². The molecule has 20 heavy (non-hydrogen) atoms. The molecule has 114 valence electrons. The summed E-state index contributed by atoms with van der Waals surface area (Å²) in [4.78, 5) is 26.9. The molecule has 0 spiro atoms. The molecule has 0 aromatic carbocycles. The van der Waals surface area contributed by atoms with Gasteiger partial charge in [0.1, 0.15) is 5.69 Å². The third kappa shape index (κ3) is 4.08. The number of hydrogen-bond donors (Lipinski definition) is 3. The van der Waals surface area contributed by atoms with Gasteiger partial charge in [-0.05, 0) is 32.8 Å². The second kappa shape index (κ2) is 8.07. The molecule has 4 N–H and O–H groups in total. The van der Waals surface area contributed by atoms with Gasteiger partial charge in [0.15, 0.2) is 5.78 Å². The minimum absolute atomic E-state index is 0. The Kier molecular flexibility index (Phi) is 7.53. The quantitative estimate of drug-likeness (QED) is 0.702. The Labute approximate surface area is 126 Å². The average molecular weight is 302 g/mol. The fourth-order valence-electron chi connectivity index (χ4n) is 2.20. The molecule has 0 saturated carbocycles. The van der Waals surface area contributed by atoms with E-state index in [0.29, 0.717) is 24.2 Å². The molecule has 0 aliphatic heterocycles. The monoisotopic (exact) mass is 301 g/mol. The summed E-state index contributed by atoms with van der Waals surface area (Å²) in [5.41, 5.74) is 8.20. The number of halogens is 1. The third-order valence-corrected chi connectivity index (χ3v) is 3.10. The fraction of sp³-hybridized carbons (Fsp3) is 0.571. The summed E-state index contributed by atoms with van der Waals surface area (Å²) in [6, 6.07) is -0.0913. The van der Waals surface area contributed by atoms with Crippen molar-refractivity contribution in [3.05, 3.63) is 22.5 Å². The van der Waals surface area contributed by atoms with E-state index in [1.807, 2.05) is 20.8 Å². The summed E-state index contributed by atoms with van der Waals surface area (Å²) in [5, 5.41) is 2.82. The smallest absolute Gasteiger partial charge is 0.268 e. The van der Waals surface area contributed by atoms with Crippen molar-refractivity contribution >= 4 is 24.1 Å². The van der Waals surface area contributed by atoms with Crippen LogP contribution >= 0.6 is 12.4 Å². The van der Waals surface area contributed by atoms with Gasteiger partial charge >= 0.3 is 0 Å². The van der Waals surface area contributed by atoms with Gasteiger partial charge in [-0.25, -0.2) is 0 Å². The Balaban J connectivity index is 0.00000361. The fourth-order valence-corrected chi connectivity index (χ4v) is 2.20. The van der Waals surface area contributed by atoms with Gasteiger partial charge in [0.25, 0.3) is 5.91 Å². The zero-order valence-electron chi connectivity index (χ0n) is 12.5. The Hall–Kier alpha value is -1.33. The molecule has 0 unspecified atom stereocenters. The Morgan fingerprint density at radius 2 is 2.00 bits per heavy atom. The zero-order chi connectivity index (χ0) is 14.6. The molecule has 0 aliphatic rings. The molecule has 1 aromatic heterocycles. The molecular weight excluding hydrogens is 278 g/mol. The Bertz CT molecular complexity index is 483. The number of amides is 1. The predicted molar refractivity (Wildman–Crippen MR) is 82.8 cm³/mol. The SMILES string of the molecule is CCCc1c(C(=O)N[C@@H](C)CN)[nH]c(C)c1C(C)=O.Cl. The second-order valence-corrected chi connectivity index (χ2v) is 4.89. The van der Waals surface area contributed by atoms with Gasteiger partial charge in [0, 0.05) is 23.8 Å². The average Bonchev–Trinajstić information content (AvgIpc) is 2.66. The number of carbonyl (C=O) groups is 2. The summed E-state index contributed by atoms with van der Waals surface area (Å²) < 4.78 is 0. The number of Topliss-reactive ketones (excluding diaryl/α,β-unsaturated/α-hetero) is 1. The lowest BCUT2D eigenvalue weighted by Crippen LogP contribution is -2.38. The topological polar surface area (TPSA) is 88.0 Å². The maximum Gasteiger partial charge on any atom is 0.268 e. The van der Waals surface area contributed by atoms with E-state index < -0.39 is 0 Å². The Morgan fingerprint density at radius 1 is 1.40 bits per heavy atom. The van der Waals surface area contributed by atoms with Crippen LogP contribution in [0.2, 0.25) is 0 Å². The van der Waals surface area contributed by atoms with Crippen LogP contribution in [0.3, 0.4) is 0 Å². The van der Waals surface area contributed by atoms with Crippen molar-refractivity contribution in [1.29, 1.82) is 0 Å². The highest BCUT2D eigenvalue weighted by Gasteiger charge is 2.22. The van der Waals surface area contributed by atoms with Crippen LogP contribution in [-0.4, -0.2) is 29.3 Å². The van der Waals surface area contributed by atoms with E-state index in [2.05, 4.69) is 10.3 Å². The third-order valence-electron chi connectivity index (χ3n) is 3.10. The summed E-state index contributed by atoms with van der Waals surface area (Å²) in [6.45, 7) is 7.60. The first-order valence-electron chi connectivity index (χ1n) is 6.65. The van der Waals surface area contributed by atoms with Gasteiger partial charge in [-0.3, -0.25) is 9.59 Å². The van der Waals surface area contributed by atoms with Crippen LogP contribution in [-0.2, 0) is 6.42 Å². The van der Waals surface area contributed by atoms with E-state index in [0.717, 1.165) is 17.7 Å². The molecule has 1 rings (SSSR count). The number of nitrogens with one attached hydrogen (secondary N) is 2. The van der Waals surface area contributed by atoms with Gasteiger partial charge in [-0.2, -0.15) is 0 Å². The standard InChI is InChI=1S/C14H23N3O2.ClH/c1-5-6-11-12(10(4)18)9(3)17-13(11)14(19)16-8(2)7-15;/h8,17H,5-7,15H2,1-4H3,(H,16,19);1H/t8-;/m0./s1. The summed E-state index contributed by atoms with van der Waals surface area (Å²) in [6.07, 6.45) is 1.59. The number of H-pyrrole nitrogens is 1. The highest BCUT2D eigenvalue weighted by Crippen LogP contribution is 2.21. The van der Waals surface area contributed by atoms with E-state index in [1.54, 1.807) is 0 Å². The predicted octanol–water partition coefficient (Wildman–Crippen LogP) is 1.98. The first-order chi connectivity index (χ1) is 8.92. The minimum Gasteiger partial charge on any atom is -0.354 e. The van der Waals surface area contributed by atoms with Gasteiger partial charge in [-0.1, -0.05) is 13.3 Å². The van der Waals surface area contributed by atoms with Gasteiger partial charge in [0.2, 0.25) is 0 Å². The van der Waals surface area contributed by atoms with Crippen molar-refractivity contribution in [2.45, 2.75) is 46.6 Å². The molecule has 1 heterocycles. The van der Waals surface area contributed by atoms with Crippen LogP contribution in [0.4, 0.5) is 0 Å². The molecule has 0 saturated heterocycles. The van der Waals surface area contributed by atoms with E-state index in [4.69, 9.17) is 5.73 Å². The maximum atomic E-state index is 12.2. The molecule has 1 atom stereocenters. The highest BCUT2D eigenvalue weighted by molar-refractivity contribution is 6.02. The lowest BCUT2D eigenvalue weighted by atomic mass is 10.0. The van der Waals surface area contributed by atoms with Crippen LogP contribution in [0.1, 0.15) is 59.3 Å². The van der Waals surface area contributed by atoms with Gasteiger partial charge in [0.05, 0.1) is 0 Å². The molecule has 1 amide bonds. The lowest BCUT2D eigenvalue weighted by Gasteiger charge is -2.11. The number of rotatable bonds is 6. The van der Waals surface area contributed by atoms with E-state index >= 15 is 0 Å². The Morgan fingerprint density at radius 3 is 2.45 bits per heavy atom. The van der Waals surface area contributed by atoms with Crippen molar-refractivity contribution < 1.29 is 9.59 Å². The van der Waals surface area contributed by atoms with Crippen LogP contribution < -0.4 is 11.1 Å². The number of aryl methyl sites for hydroxylation is 1. The number of aromatic nitrogens is 1. The maximum absolute atomic E-state index is 12.2. The first-order valence-corrected chi connectivity index (χ1v) is 6.65. The van der Waals surface area contributed by atoms with E-state index in [1.165, 1.54) is 6.92 Å². The van der Waals surface area contributed by atoms with Gasteiger partial charge in [-0.15, -0.1) is 12.4 Å². The van der Waals surface area contributed by atoms with Crippen molar-refractivity contribution in [2.75, 3.05) is 6.54 Å². The van der Waals surface area contributed by atoms with E-state index in [9.17, 15) is 9.59 Å². The van der Waals surface area contributed by atoms with Crippen LogP contribution in [0, 0.1) is 6.92 Å². The zero-order valence-corrected chi connectivity index (χ0v) is 13.3. The van der Waals surface area contributed by atoms with Crippen LogP contribution in [0.5, 0.6) is 0 Å². The molecule has 1 aromatic rings. The molecule has 0 radical (unpaired) electrons. The normalized spacial score (nSPS) is 11.7. The summed E-state index contributed by atoms with van der Waals surface area (Å²) >= 11 is 0. The minimum atomic E-state index is -0.197. The van der Waals surface area contributed by atoms with Crippen LogP contribution in [0.15, 0.2) is 0 Å². The van der Waals surface area contributed by atoms with Gasteiger partial charge < -0.3 is 16.0 Å². The van der Waals surface area contributed by atoms with E-state index in [-0.39, 0.29) is 30.1 Å². The second-order valence-electron chi connectivity index (χ2n) is 4.89. The largest absolute Gasteiger partial charge is 0.354 e. The number of hydrogen-bond acceptors (Lipinski definition) is 3. The molecule has 0 fully saturated rings. The summed E-state index contributed by atoms with van der Waals surface area (Å²) in [7, 11) is 0. The van der Waals surface area contributed by atoms with Crippen molar-refractivity contribution in [3.63, 3.8) is 0 Å². The molecule has 0 bridgehead atoms. The highest BCUT2D eigenvalue weighted by atomic mass is 35.5. The van der Waals surface area contributed by atoms with Crippen molar-refractivity contribution in [2.24, 2.45) is 5.73 Å². The molecular formula is C14H24ClN3O2. The van der Waals surface area contributed by atoms with Crippen LogP contribution in [0.25, 0.3) is 0 Å². The first kappa shape index (κ1) is 18.7. The molecule has 0 aliphatic carbocycles. The number of aromatic amines is 1. The number of carbonyl (C=O) groups excluding carboxylic acids is 2. The van der Waals surface area contributed by atoms with Crippen molar-refractivity contribution in [3.8, 4) is 0 Å². The number of nitrogens with two attached hydrogens (primary N) is 1. The summed E-state index contributed by atoms with van der Waals surface area (Å²) in [5.74, 6) is -0.208. The lowest BCUT2D eigenvalue weighted by molar-refractivity contribution is 0.0935. The number of ketones is 1. The molecule has 5 nitrogen and oxygen atoms in total. The molecule has 6 heteroatoms.